The molecule has 1 aromatic carbocycles. The topological polar surface area (TPSA) is 78.0 Å². The van der Waals surface area contributed by atoms with Crippen molar-refractivity contribution < 1.29 is 14.3 Å². The van der Waals surface area contributed by atoms with Crippen LogP contribution in [0.25, 0.3) is 0 Å². The molecular weight excluding hydrogens is 394 g/mol. The SMILES string of the molecule is CCOC(=O)N1CCN(C(=O)c2cccc(N3CCN[C@@H](c4ccccc4)C3)n2)CC1. The number of pyridine rings is 1. The van der Waals surface area contributed by atoms with Gasteiger partial charge in [-0.2, -0.15) is 0 Å². The predicted octanol–water partition coefficient (Wildman–Crippen LogP) is 2.15. The lowest BCUT2D eigenvalue weighted by atomic mass is 10.0. The smallest absolute Gasteiger partial charge is 0.409 e. The fourth-order valence-corrected chi connectivity index (χ4v) is 4.05. The summed E-state index contributed by atoms with van der Waals surface area (Å²) in [5.41, 5.74) is 1.69. The minimum Gasteiger partial charge on any atom is -0.450 e. The lowest BCUT2D eigenvalue weighted by Gasteiger charge is -2.35. The first-order chi connectivity index (χ1) is 15.2. The van der Waals surface area contributed by atoms with Gasteiger partial charge < -0.3 is 24.8 Å². The van der Waals surface area contributed by atoms with Gasteiger partial charge in [-0.25, -0.2) is 9.78 Å². The third kappa shape index (κ3) is 4.96. The summed E-state index contributed by atoms with van der Waals surface area (Å²) < 4.78 is 5.05. The summed E-state index contributed by atoms with van der Waals surface area (Å²) in [6, 6.07) is 16.2. The summed E-state index contributed by atoms with van der Waals surface area (Å²) in [5, 5.41) is 3.56. The van der Waals surface area contributed by atoms with Crippen molar-refractivity contribution in [2.75, 3.05) is 57.3 Å². The van der Waals surface area contributed by atoms with E-state index in [0.717, 1.165) is 25.5 Å². The number of aromatic nitrogens is 1. The van der Waals surface area contributed by atoms with E-state index in [9.17, 15) is 9.59 Å². The molecule has 31 heavy (non-hydrogen) atoms. The molecule has 0 spiro atoms. The lowest BCUT2D eigenvalue weighted by molar-refractivity contribution is 0.0566. The van der Waals surface area contributed by atoms with Crippen molar-refractivity contribution in [3.8, 4) is 0 Å². The second-order valence-electron chi connectivity index (χ2n) is 7.72. The van der Waals surface area contributed by atoms with Crippen molar-refractivity contribution in [3.05, 3.63) is 59.8 Å². The third-order valence-corrected chi connectivity index (χ3v) is 5.75. The van der Waals surface area contributed by atoms with Crippen LogP contribution in [-0.2, 0) is 4.74 Å². The molecule has 0 radical (unpaired) electrons. The van der Waals surface area contributed by atoms with Crippen molar-refractivity contribution in [2.24, 2.45) is 0 Å². The van der Waals surface area contributed by atoms with Crippen LogP contribution in [0.5, 0.6) is 0 Å². The van der Waals surface area contributed by atoms with Crippen LogP contribution < -0.4 is 10.2 Å². The molecule has 2 saturated heterocycles. The van der Waals surface area contributed by atoms with Crippen LogP contribution in [-0.4, -0.2) is 79.2 Å². The number of ether oxygens (including phenoxy) is 1. The van der Waals surface area contributed by atoms with E-state index in [1.54, 1.807) is 22.8 Å². The molecule has 1 N–H and O–H groups in total. The summed E-state index contributed by atoms with van der Waals surface area (Å²) >= 11 is 0. The molecule has 0 unspecified atom stereocenters. The Morgan fingerprint density at radius 1 is 1.00 bits per heavy atom. The first-order valence-electron chi connectivity index (χ1n) is 10.9. The average Bonchev–Trinajstić information content (AvgIpc) is 2.84. The number of piperazine rings is 2. The first-order valence-corrected chi connectivity index (χ1v) is 10.9. The van der Waals surface area contributed by atoms with Crippen molar-refractivity contribution in [1.29, 1.82) is 0 Å². The van der Waals surface area contributed by atoms with E-state index in [2.05, 4.69) is 39.5 Å². The van der Waals surface area contributed by atoms with Gasteiger partial charge in [-0.1, -0.05) is 36.4 Å². The monoisotopic (exact) mass is 423 g/mol. The van der Waals surface area contributed by atoms with Crippen molar-refractivity contribution in [3.63, 3.8) is 0 Å². The van der Waals surface area contributed by atoms with Gasteiger partial charge in [0.1, 0.15) is 11.5 Å². The van der Waals surface area contributed by atoms with E-state index in [4.69, 9.17) is 4.74 Å². The molecule has 164 valence electrons. The Labute approximate surface area is 182 Å². The first kappa shape index (κ1) is 21.1. The highest BCUT2D eigenvalue weighted by atomic mass is 16.6. The number of nitrogens with zero attached hydrogens (tertiary/aromatic N) is 4. The highest BCUT2D eigenvalue weighted by Crippen LogP contribution is 2.22. The zero-order chi connectivity index (χ0) is 21.6. The molecule has 1 atom stereocenters. The van der Waals surface area contributed by atoms with Gasteiger partial charge in [0.2, 0.25) is 0 Å². The van der Waals surface area contributed by atoms with Gasteiger partial charge in [0.05, 0.1) is 6.61 Å². The van der Waals surface area contributed by atoms with E-state index in [1.807, 2.05) is 18.2 Å². The quantitative estimate of drug-likeness (QED) is 0.812. The molecule has 2 aliphatic rings. The molecule has 1 aromatic heterocycles. The van der Waals surface area contributed by atoms with Gasteiger partial charge in [0, 0.05) is 51.9 Å². The van der Waals surface area contributed by atoms with Crippen LogP contribution in [0, 0.1) is 0 Å². The molecule has 2 aliphatic heterocycles. The number of hydrogen-bond donors (Lipinski definition) is 1. The minimum atomic E-state index is -0.318. The largest absolute Gasteiger partial charge is 0.450 e. The second-order valence-corrected chi connectivity index (χ2v) is 7.72. The van der Waals surface area contributed by atoms with Crippen molar-refractivity contribution in [2.45, 2.75) is 13.0 Å². The van der Waals surface area contributed by atoms with Crippen LogP contribution in [0.15, 0.2) is 48.5 Å². The number of anilines is 1. The van der Waals surface area contributed by atoms with E-state index < -0.39 is 0 Å². The van der Waals surface area contributed by atoms with Crippen molar-refractivity contribution in [1.82, 2.24) is 20.1 Å². The molecule has 4 rings (SSSR count). The predicted molar refractivity (Wildman–Crippen MR) is 118 cm³/mol. The maximum Gasteiger partial charge on any atom is 0.409 e. The summed E-state index contributed by atoms with van der Waals surface area (Å²) in [7, 11) is 0. The summed E-state index contributed by atoms with van der Waals surface area (Å²) in [6.07, 6.45) is -0.318. The Morgan fingerprint density at radius 2 is 1.74 bits per heavy atom. The Balaban J connectivity index is 1.40. The summed E-state index contributed by atoms with van der Waals surface area (Å²) in [4.78, 5) is 35.2. The van der Waals surface area contributed by atoms with Crippen LogP contribution in [0.1, 0.15) is 29.0 Å². The Kier molecular flexibility index (Phi) is 6.66. The molecule has 0 bridgehead atoms. The molecule has 0 aliphatic carbocycles. The molecule has 2 fully saturated rings. The number of hydrogen-bond acceptors (Lipinski definition) is 6. The normalized spacial score (nSPS) is 19.3. The number of amides is 2. The number of benzene rings is 1. The van der Waals surface area contributed by atoms with Gasteiger partial charge >= 0.3 is 6.09 Å². The fourth-order valence-electron chi connectivity index (χ4n) is 4.05. The highest BCUT2D eigenvalue weighted by Gasteiger charge is 2.27. The third-order valence-electron chi connectivity index (χ3n) is 5.75. The van der Waals surface area contributed by atoms with Crippen LogP contribution >= 0.6 is 0 Å². The zero-order valence-electron chi connectivity index (χ0n) is 17.9. The fraction of sp³-hybridized carbons (Fsp3) is 0.435. The highest BCUT2D eigenvalue weighted by molar-refractivity contribution is 5.92. The van der Waals surface area contributed by atoms with E-state index in [0.29, 0.717) is 38.5 Å². The number of rotatable bonds is 4. The van der Waals surface area contributed by atoms with E-state index in [1.165, 1.54) is 5.56 Å². The summed E-state index contributed by atoms with van der Waals surface area (Å²) in [5.74, 6) is 0.721. The lowest BCUT2D eigenvalue weighted by Crippen LogP contribution is -2.51. The molecule has 2 aromatic rings. The zero-order valence-corrected chi connectivity index (χ0v) is 17.9. The van der Waals surface area contributed by atoms with Gasteiger partial charge in [0.15, 0.2) is 0 Å². The average molecular weight is 424 g/mol. The molecule has 8 nitrogen and oxygen atoms in total. The van der Waals surface area contributed by atoms with E-state index in [-0.39, 0.29) is 18.0 Å². The molecule has 3 heterocycles. The maximum absolute atomic E-state index is 13.0. The minimum absolute atomic E-state index is 0.0971. The second kappa shape index (κ2) is 9.78. The van der Waals surface area contributed by atoms with Crippen LogP contribution in [0.3, 0.4) is 0 Å². The van der Waals surface area contributed by atoms with Gasteiger partial charge in [-0.05, 0) is 24.6 Å². The number of carbonyl (C=O) groups is 2. The maximum atomic E-state index is 13.0. The Hall–Kier alpha value is -3.13. The van der Waals surface area contributed by atoms with Gasteiger partial charge in [-0.3, -0.25) is 4.79 Å². The van der Waals surface area contributed by atoms with Crippen LogP contribution in [0.2, 0.25) is 0 Å². The molecule has 0 saturated carbocycles. The molecule has 2 amide bonds. The van der Waals surface area contributed by atoms with Gasteiger partial charge in [-0.15, -0.1) is 0 Å². The van der Waals surface area contributed by atoms with Crippen LogP contribution in [0.4, 0.5) is 10.6 Å². The van der Waals surface area contributed by atoms with Crippen molar-refractivity contribution >= 4 is 17.8 Å². The van der Waals surface area contributed by atoms with E-state index >= 15 is 0 Å². The van der Waals surface area contributed by atoms with Gasteiger partial charge in [0.25, 0.3) is 5.91 Å². The Morgan fingerprint density at radius 3 is 2.48 bits per heavy atom. The number of carbonyl (C=O) groups excluding carboxylic acids is 2. The molecule has 8 heteroatoms. The Bertz CT molecular complexity index is 899. The number of nitrogens with one attached hydrogen (secondary N) is 1. The molecular formula is C23H29N5O3. The standard InChI is InChI=1S/C23H29N5O3/c1-2-31-23(30)27-15-13-26(14-16-27)22(29)19-9-6-10-21(25-19)28-12-11-24-20(17-28)18-7-4-3-5-8-18/h3-10,20,24H,2,11-17H2,1H3/t20-/m1/s1. The summed E-state index contributed by atoms with van der Waals surface area (Å²) in [6.45, 7) is 6.54.